The minimum Gasteiger partial charge on any atom is -0.369 e. The lowest BCUT2D eigenvalue weighted by Crippen LogP contribution is -2.09. The van der Waals surface area contributed by atoms with Crippen LogP contribution in [0.15, 0.2) is 15.2 Å². The van der Waals surface area contributed by atoms with Crippen molar-refractivity contribution in [1.82, 2.24) is 20.1 Å². The summed E-state index contributed by atoms with van der Waals surface area (Å²) in [5.74, 6) is 2.55. The van der Waals surface area contributed by atoms with E-state index in [0.717, 1.165) is 10.3 Å². The molecule has 0 aliphatic carbocycles. The first-order valence-corrected chi connectivity index (χ1v) is 6.21. The zero-order valence-electron chi connectivity index (χ0n) is 10.1. The zero-order valence-corrected chi connectivity index (χ0v) is 11.7. The van der Waals surface area contributed by atoms with E-state index in [1.807, 2.05) is 0 Å². The summed E-state index contributed by atoms with van der Waals surface area (Å²) in [6, 6.07) is 0. The van der Waals surface area contributed by atoms with E-state index in [-0.39, 0.29) is 0 Å². The molecule has 2 aromatic heterocycles. The molecule has 0 amide bonds. The molecule has 2 rings (SSSR count). The Hall–Kier alpha value is -1.70. The average molecular weight is 313 g/mol. The SMILES string of the molecule is CNc1ncc(Br)c(NCCc2noc(C)n2)n1. The van der Waals surface area contributed by atoms with E-state index in [2.05, 4.69) is 46.7 Å². The fraction of sp³-hybridized carbons (Fsp3) is 0.400. The molecule has 0 atom stereocenters. The Morgan fingerprint density at radius 1 is 1.39 bits per heavy atom. The first-order valence-electron chi connectivity index (χ1n) is 5.42. The fourth-order valence-corrected chi connectivity index (χ4v) is 1.68. The first kappa shape index (κ1) is 12.7. The second kappa shape index (κ2) is 5.76. The summed E-state index contributed by atoms with van der Waals surface area (Å²) in [6.45, 7) is 2.43. The molecule has 0 saturated heterocycles. The Kier molecular flexibility index (Phi) is 4.08. The van der Waals surface area contributed by atoms with Crippen LogP contribution in [0.1, 0.15) is 11.7 Å². The maximum Gasteiger partial charge on any atom is 0.224 e. The van der Waals surface area contributed by atoms with E-state index >= 15 is 0 Å². The number of nitrogens with one attached hydrogen (secondary N) is 2. The third-order valence-corrected chi connectivity index (χ3v) is 2.76. The molecule has 8 heteroatoms. The van der Waals surface area contributed by atoms with Crippen molar-refractivity contribution in [2.24, 2.45) is 0 Å². The lowest BCUT2D eigenvalue weighted by Gasteiger charge is -2.07. The zero-order chi connectivity index (χ0) is 13.0. The predicted octanol–water partition coefficient (Wildman–Crippen LogP) is 1.63. The molecular formula is C10H13BrN6O. The van der Waals surface area contributed by atoms with E-state index in [9.17, 15) is 0 Å². The van der Waals surface area contributed by atoms with Gasteiger partial charge in [0.15, 0.2) is 5.82 Å². The van der Waals surface area contributed by atoms with Crippen LogP contribution in [-0.2, 0) is 6.42 Å². The summed E-state index contributed by atoms with van der Waals surface area (Å²) >= 11 is 3.39. The molecule has 0 fully saturated rings. The molecule has 7 nitrogen and oxygen atoms in total. The van der Waals surface area contributed by atoms with Gasteiger partial charge in [0.1, 0.15) is 5.82 Å². The highest BCUT2D eigenvalue weighted by molar-refractivity contribution is 9.10. The molecule has 0 saturated carbocycles. The van der Waals surface area contributed by atoms with Gasteiger partial charge in [0, 0.05) is 33.1 Å². The summed E-state index contributed by atoms with van der Waals surface area (Å²) in [6.07, 6.45) is 2.36. The van der Waals surface area contributed by atoms with Crippen molar-refractivity contribution in [2.45, 2.75) is 13.3 Å². The highest BCUT2D eigenvalue weighted by atomic mass is 79.9. The molecule has 0 aliphatic heterocycles. The Labute approximate surface area is 113 Å². The van der Waals surface area contributed by atoms with E-state index in [4.69, 9.17) is 4.52 Å². The molecule has 0 aromatic carbocycles. The van der Waals surface area contributed by atoms with Gasteiger partial charge in [-0.2, -0.15) is 9.97 Å². The van der Waals surface area contributed by atoms with Crippen molar-refractivity contribution in [3.05, 3.63) is 22.4 Å². The largest absolute Gasteiger partial charge is 0.369 e. The predicted molar refractivity (Wildman–Crippen MR) is 70.5 cm³/mol. The maximum atomic E-state index is 4.89. The van der Waals surface area contributed by atoms with Gasteiger partial charge in [-0.3, -0.25) is 0 Å². The van der Waals surface area contributed by atoms with E-state index in [1.54, 1.807) is 20.2 Å². The van der Waals surface area contributed by atoms with E-state index < -0.39 is 0 Å². The number of hydrogen-bond acceptors (Lipinski definition) is 7. The third kappa shape index (κ3) is 3.16. The highest BCUT2D eigenvalue weighted by Gasteiger charge is 2.05. The minimum absolute atomic E-state index is 0.566. The Morgan fingerprint density at radius 3 is 2.89 bits per heavy atom. The van der Waals surface area contributed by atoms with Gasteiger partial charge in [-0.1, -0.05) is 5.16 Å². The molecule has 0 spiro atoms. The van der Waals surface area contributed by atoms with Crippen molar-refractivity contribution in [3.8, 4) is 0 Å². The van der Waals surface area contributed by atoms with Gasteiger partial charge in [-0.05, 0) is 15.9 Å². The van der Waals surface area contributed by atoms with Crippen LogP contribution in [0.5, 0.6) is 0 Å². The molecule has 0 bridgehead atoms. The van der Waals surface area contributed by atoms with Crippen LogP contribution in [0.4, 0.5) is 11.8 Å². The Bertz CT molecular complexity index is 529. The van der Waals surface area contributed by atoms with Gasteiger partial charge in [-0.25, -0.2) is 4.98 Å². The standard InChI is InChI=1S/C10H13BrN6O/c1-6-15-8(17-18-6)3-4-13-9-7(11)5-14-10(12-2)16-9/h5H,3-4H2,1-2H3,(H2,12,13,14,16). The summed E-state index contributed by atoms with van der Waals surface area (Å²) in [5.41, 5.74) is 0. The Morgan fingerprint density at radius 2 is 2.22 bits per heavy atom. The van der Waals surface area contributed by atoms with Gasteiger partial charge >= 0.3 is 0 Å². The van der Waals surface area contributed by atoms with Crippen molar-refractivity contribution in [2.75, 3.05) is 24.2 Å². The second-order valence-electron chi connectivity index (χ2n) is 3.55. The molecule has 2 heterocycles. The second-order valence-corrected chi connectivity index (χ2v) is 4.40. The summed E-state index contributed by atoms with van der Waals surface area (Å²) in [7, 11) is 1.77. The summed E-state index contributed by atoms with van der Waals surface area (Å²) in [4.78, 5) is 12.5. The van der Waals surface area contributed by atoms with Crippen LogP contribution in [0, 0.1) is 6.92 Å². The Balaban J connectivity index is 1.93. The van der Waals surface area contributed by atoms with Crippen LogP contribution in [0.2, 0.25) is 0 Å². The maximum absolute atomic E-state index is 4.89. The van der Waals surface area contributed by atoms with Gasteiger partial charge in [-0.15, -0.1) is 0 Å². The molecule has 2 aromatic rings. The first-order chi connectivity index (χ1) is 8.69. The fourth-order valence-electron chi connectivity index (χ4n) is 1.35. The molecular weight excluding hydrogens is 300 g/mol. The van der Waals surface area contributed by atoms with Crippen LogP contribution >= 0.6 is 15.9 Å². The highest BCUT2D eigenvalue weighted by Crippen LogP contribution is 2.19. The monoisotopic (exact) mass is 312 g/mol. The number of aryl methyl sites for hydroxylation is 1. The van der Waals surface area contributed by atoms with Crippen LogP contribution in [-0.4, -0.2) is 33.7 Å². The van der Waals surface area contributed by atoms with Gasteiger partial charge in [0.2, 0.25) is 11.8 Å². The van der Waals surface area contributed by atoms with Gasteiger partial charge < -0.3 is 15.2 Å². The third-order valence-electron chi connectivity index (χ3n) is 2.18. The summed E-state index contributed by atoms with van der Waals surface area (Å²) in [5, 5.41) is 9.89. The molecule has 2 N–H and O–H groups in total. The number of halogens is 1. The number of nitrogens with zero attached hydrogens (tertiary/aromatic N) is 4. The number of aromatic nitrogens is 4. The van der Waals surface area contributed by atoms with Crippen molar-refractivity contribution in [3.63, 3.8) is 0 Å². The lowest BCUT2D eigenvalue weighted by molar-refractivity contribution is 0.387. The smallest absolute Gasteiger partial charge is 0.224 e. The molecule has 0 aliphatic rings. The van der Waals surface area contributed by atoms with Crippen molar-refractivity contribution < 1.29 is 4.52 Å². The van der Waals surface area contributed by atoms with Crippen LogP contribution in [0.3, 0.4) is 0 Å². The van der Waals surface area contributed by atoms with Gasteiger partial charge in [0.05, 0.1) is 4.47 Å². The number of hydrogen-bond donors (Lipinski definition) is 2. The molecule has 96 valence electrons. The summed E-state index contributed by atoms with van der Waals surface area (Å²) < 4.78 is 5.70. The quantitative estimate of drug-likeness (QED) is 0.867. The van der Waals surface area contributed by atoms with Crippen molar-refractivity contribution >= 4 is 27.7 Å². The van der Waals surface area contributed by atoms with Crippen molar-refractivity contribution in [1.29, 1.82) is 0 Å². The number of anilines is 2. The van der Waals surface area contributed by atoms with Gasteiger partial charge in [0.25, 0.3) is 0 Å². The lowest BCUT2D eigenvalue weighted by atomic mass is 10.4. The molecule has 0 unspecified atom stereocenters. The topological polar surface area (TPSA) is 88.8 Å². The van der Waals surface area contributed by atoms with E-state index in [0.29, 0.717) is 30.6 Å². The molecule has 18 heavy (non-hydrogen) atoms. The van der Waals surface area contributed by atoms with Crippen LogP contribution in [0.25, 0.3) is 0 Å². The average Bonchev–Trinajstić information content (AvgIpc) is 2.77. The minimum atomic E-state index is 0.566. The van der Waals surface area contributed by atoms with Crippen LogP contribution < -0.4 is 10.6 Å². The number of rotatable bonds is 5. The van der Waals surface area contributed by atoms with E-state index in [1.165, 1.54) is 0 Å². The normalized spacial score (nSPS) is 10.4. The molecule has 0 radical (unpaired) electrons.